The van der Waals surface area contributed by atoms with Crippen LogP contribution in [0.25, 0.3) is 0 Å². The fourth-order valence-electron chi connectivity index (χ4n) is 3.23. The normalized spacial score (nSPS) is 27.0. The quantitative estimate of drug-likeness (QED) is 0.827. The van der Waals surface area contributed by atoms with Crippen LogP contribution in [-0.4, -0.2) is 60.4 Å². The van der Waals surface area contributed by atoms with Crippen molar-refractivity contribution in [3.8, 4) is 0 Å². The first-order valence-corrected chi connectivity index (χ1v) is 7.46. The minimum absolute atomic E-state index is 0.0884. The predicted octanol–water partition coefficient (Wildman–Crippen LogP) is 1.28. The maximum absolute atomic E-state index is 12.5. The summed E-state index contributed by atoms with van der Waals surface area (Å²) in [6, 6.07) is 0. The SMILES string of the molecule is COCC1CN(C(=O)CC2(C(=O)O)CCC2)CC(C)(C)O1. The molecule has 0 spiro atoms. The first kappa shape index (κ1) is 16.2. The van der Waals surface area contributed by atoms with E-state index in [1.165, 1.54) is 0 Å². The summed E-state index contributed by atoms with van der Waals surface area (Å²) in [7, 11) is 1.60. The van der Waals surface area contributed by atoms with Crippen LogP contribution in [0, 0.1) is 5.41 Å². The van der Waals surface area contributed by atoms with E-state index in [-0.39, 0.29) is 18.4 Å². The Balaban J connectivity index is 2.02. The molecule has 0 aromatic carbocycles. The highest BCUT2D eigenvalue weighted by Gasteiger charge is 2.47. The van der Waals surface area contributed by atoms with Crippen LogP contribution < -0.4 is 0 Å². The first-order chi connectivity index (χ1) is 9.78. The maximum Gasteiger partial charge on any atom is 0.310 e. The molecule has 2 aliphatic rings. The fraction of sp³-hybridized carbons (Fsp3) is 0.867. The summed E-state index contributed by atoms with van der Waals surface area (Å²) in [5.74, 6) is -0.933. The molecule has 21 heavy (non-hydrogen) atoms. The van der Waals surface area contributed by atoms with E-state index >= 15 is 0 Å². The van der Waals surface area contributed by atoms with E-state index in [1.807, 2.05) is 13.8 Å². The molecule has 0 bridgehead atoms. The summed E-state index contributed by atoms with van der Waals surface area (Å²) in [6.07, 6.45) is 2.02. The molecule has 1 heterocycles. The zero-order valence-electron chi connectivity index (χ0n) is 13.1. The molecule has 0 aromatic heterocycles. The van der Waals surface area contributed by atoms with E-state index in [4.69, 9.17) is 9.47 Å². The van der Waals surface area contributed by atoms with Gasteiger partial charge in [0.15, 0.2) is 0 Å². The summed E-state index contributed by atoms with van der Waals surface area (Å²) >= 11 is 0. The van der Waals surface area contributed by atoms with Crippen molar-refractivity contribution in [1.82, 2.24) is 4.90 Å². The lowest BCUT2D eigenvalue weighted by molar-refractivity contribution is -0.174. The van der Waals surface area contributed by atoms with Crippen molar-refractivity contribution in [2.75, 3.05) is 26.8 Å². The van der Waals surface area contributed by atoms with Crippen LogP contribution in [0.5, 0.6) is 0 Å². The lowest BCUT2D eigenvalue weighted by Gasteiger charge is -2.44. The monoisotopic (exact) mass is 299 g/mol. The zero-order chi connectivity index (χ0) is 15.7. The number of hydrogen-bond acceptors (Lipinski definition) is 4. The van der Waals surface area contributed by atoms with E-state index in [1.54, 1.807) is 12.0 Å². The van der Waals surface area contributed by atoms with Gasteiger partial charge in [-0.25, -0.2) is 0 Å². The van der Waals surface area contributed by atoms with E-state index in [0.29, 0.717) is 32.5 Å². The van der Waals surface area contributed by atoms with E-state index < -0.39 is 17.0 Å². The number of carbonyl (C=O) groups excluding carboxylic acids is 1. The summed E-state index contributed by atoms with van der Waals surface area (Å²) in [5.41, 5.74) is -1.27. The van der Waals surface area contributed by atoms with Crippen molar-refractivity contribution >= 4 is 11.9 Å². The lowest BCUT2D eigenvalue weighted by atomic mass is 9.66. The molecule has 0 radical (unpaired) electrons. The van der Waals surface area contributed by atoms with Gasteiger partial charge in [-0.2, -0.15) is 0 Å². The van der Waals surface area contributed by atoms with E-state index in [9.17, 15) is 14.7 Å². The number of methoxy groups -OCH3 is 1. The Kier molecular flexibility index (Phi) is 4.58. The van der Waals surface area contributed by atoms with Crippen LogP contribution in [-0.2, 0) is 19.1 Å². The minimum Gasteiger partial charge on any atom is -0.481 e. The van der Waals surface area contributed by atoms with Crippen molar-refractivity contribution < 1.29 is 24.2 Å². The number of morpholine rings is 1. The molecule has 1 saturated heterocycles. The van der Waals surface area contributed by atoms with Gasteiger partial charge in [0.05, 0.1) is 23.7 Å². The van der Waals surface area contributed by atoms with Gasteiger partial charge in [-0.3, -0.25) is 9.59 Å². The molecule has 2 fully saturated rings. The van der Waals surface area contributed by atoms with Crippen molar-refractivity contribution in [2.45, 2.75) is 51.2 Å². The number of nitrogens with zero attached hydrogens (tertiary/aromatic N) is 1. The highest BCUT2D eigenvalue weighted by molar-refractivity contribution is 5.85. The van der Waals surface area contributed by atoms with Gasteiger partial charge in [0.25, 0.3) is 0 Å². The van der Waals surface area contributed by atoms with Gasteiger partial charge in [-0.15, -0.1) is 0 Å². The second-order valence-corrected chi connectivity index (χ2v) is 6.84. The molecule has 1 atom stereocenters. The largest absolute Gasteiger partial charge is 0.481 e. The van der Waals surface area contributed by atoms with E-state index in [2.05, 4.69) is 0 Å². The van der Waals surface area contributed by atoms with Crippen molar-refractivity contribution in [3.05, 3.63) is 0 Å². The molecule has 2 rings (SSSR count). The highest BCUT2D eigenvalue weighted by atomic mass is 16.5. The summed E-state index contributed by atoms with van der Waals surface area (Å²) in [4.78, 5) is 25.6. The van der Waals surface area contributed by atoms with Crippen LogP contribution in [0.1, 0.15) is 39.5 Å². The van der Waals surface area contributed by atoms with Crippen molar-refractivity contribution in [1.29, 1.82) is 0 Å². The Hall–Kier alpha value is -1.14. The molecule has 120 valence electrons. The number of rotatable bonds is 5. The number of ether oxygens (including phenoxy) is 2. The third kappa shape index (κ3) is 3.55. The molecular weight excluding hydrogens is 274 g/mol. The van der Waals surface area contributed by atoms with Crippen LogP contribution in [0.2, 0.25) is 0 Å². The smallest absolute Gasteiger partial charge is 0.310 e. The minimum atomic E-state index is -0.844. The van der Waals surface area contributed by atoms with Gasteiger partial charge in [0, 0.05) is 26.6 Å². The summed E-state index contributed by atoms with van der Waals surface area (Å²) in [5, 5.41) is 9.35. The van der Waals surface area contributed by atoms with Crippen LogP contribution in [0.3, 0.4) is 0 Å². The number of carbonyl (C=O) groups is 2. The third-order valence-electron chi connectivity index (χ3n) is 4.44. The molecule has 1 aliphatic carbocycles. The number of carboxylic acids is 1. The summed E-state index contributed by atoms with van der Waals surface area (Å²) < 4.78 is 11.0. The summed E-state index contributed by atoms with van der Waals surface area (Å²) in [6.45, 7) is 5.25. The Morgan fingerprint density at radius 3 is 2.52 bits per heavy atom. The molecule has 6 nitrogen and oxygen atoms in total. The molecule has 6 heteroatoms. The van der Waals surface area contributed by atoms with Crippen LogP contribution in [0.15, 0.2) is 0 Å². The molecule has 1 aliphatic heterocycles. The molecular formula is C15H25NO5. The molecule has 1 unspecified atom stereocenters. The maximum atomic E-state index is 12.5. The Bertz CT molecular complexity index is 416. The standard InChI is InChI=1S/C15H25NO5/c1-14(2)10-16(8-11(21-14)9-20-3)12(17)7-15(13(18)19)5-4-6-15/h11H,4-10H2,1-3H3,(H,18,19). The Morgan fingerprint density at radius 1 is 1.38 bits per heavy atom. The molecule has 1 N–H and O–H groups in total. The van der Waals surface area contributed by atoms with Crippen LogP contribution >= 0.6 is 0 Å². The number of carboxylic acid groups (broad SMARTS) is 1. The third-order valence-corrected chi connectivity index (χ3v) is 4.44. The van der Waals surface area contributed by atoms with E-state index in [0.717, 1.165) is 6.42 Å². The Morgan fingerprint density at radius 2 is 2.05 bits per heavy atom. The van der Waals surface area contributed by atoms with Gasteiger partial charge < -0.3 is 19.5 Å². The number of amides is 1. The first-order valence-electron chi connectivity index (χ1n) is 7.46. The topological polar surface area (TPSA) is 76.1 Å². The second kappa shape index (κ2) is 5.93. The highest BCUT2D eigenvalue weighted by Crippen LogP contribution is 2.44. The van der Waals surface area contributed by atoms with Gasteiger partial charge in [-0.1, -0.05) is 6.42 Å². The fourth-order valence-corrected chi connectivity index (χ4v) is 3.23. The van der Waals surface area contributed by atoms with Gasteiger partial charge in [0.2, 0.25) is 5.91 Å². The second-order valence-electron chi connectivity index (χ2n) is 6.84. The molecule has 0 aromatic rings. The number of hydrogen-bond donors (Lipinski definition) is 1. The van der Waals surface area contributed by atoms with Gasteiger partial charge >= 0.3 is 5.97 Å². The average Bonchev–Trinajstić information content (AvgIpc) is 2.31. The average molecular weight is 299 g/mol. The molecule has 1 amide bonds. The molecule has 1 saturated carbocycles. The zero-order valence-corrected chi connectivity index (χ0v) is 13.1. The lowest BCUT2D eigenvalue weighted by Crippen LogP contribution is -2.57. The van der Waals surface area contributed by atoms with Gasteiger partial charge in [-0.05, 0) is 26.7 Å². The number of aliphatic carboxylic acids is 1. The van der Waals surface area contributed by atoms with Crippen LogP contribution in [0.4, 0.5) is 0 Å². The predicted molar refractivity (Wildman–Crippen MR) is 75.9 cm³/mol. The Labute approximate surface area is 125 Å². The van der Waals surface area contributed by atoms with Gasteiger partial charge in [0.1, 0.15) is 0 Å². The van der Waals surface area contributed by atoms with Crippen molar-refractivity contribution in [3.63, 3.8) is 0 Å². The van der Waals surface area contributed by atoms with Crippen molar-refractivity contribution in [2.24, 2.45) is 5.41 Å².